The number of carboxylic acids is 1. The molecule has 0 bridgehead atoms. The summed E-state index contributed by atoms with van der Waals surface area (Å²) in [5.74, 6) is 0.652. The Hall–Kier alpha value is -1.85. The van der Waals surface area contributed by atoms with Crippen molar-refractivity contribution < 1.29 is 19.4 Å². The average Bonchev–Trinajstić information content (AvgIpc) is 2.61. The SMILES string of the molecule is O=C(O)C(S)CCCCOc1ccc(OCc2ccc(Cl)cc2)cc1. The molecule has 0 spiro atoms. The third-order valence-corrected chi connectivity index (χ3v) is 4.30. The van der Waals surface area contributed by atoms with Crippen molar-refractivity contribution in [3.8, 4) is 11.5 Å². The van der Waals surface area contributed by atoms with Crippen LogP contribution >= 0.6 is 24.2 Å². The molecule has 0 aliphatic carbocycles. The van der Waals surface area contributed by atoms with Crippen LogP contribution in [0.3, 0.4) is 0 Å². The fourth-order valence-electron chi connectivity index (χ4n) is 2.13. The molecule has 2 rings (SSSR count). The van der Waals surface area contributed by atoms with E-state index >= 15 is 0 Å². The zero-order valence-corrected chi connectivity index (χ0v) is 15.4. The summed E-state index contributed by atoms with van der Waals surface area (Å²) in [6, 6.07) is 15.0. The number of carbonyl (C=O) groups is 1. The van der Waals surface area contributed by atoms with E-state index in [0.29, 0.717) is 24.7 Å². The van der Waals surface area contributed by atoms with Gasteiger partial charge in [-0.2, -0.15) is 12.6 Å². The number of hydrogen-bond acceptors (Lipinski definition) is 4. The van der Waals surface area contributed by atoms with Gasteiger partial charge < -0.3 is 14.6 Å². The third kappa shape index (κ3) is 7.28. The van der Waals surface area contributed by atoms with Crippen molar-refractivity contribution in [3.05, 3.63) is 59.1 Å². The van der Waals surface area contributed by atoms with Crippen molar-refractivity contribution in [1.29, 1.82) is 0 Å². The van der Waals surface area contributed by atoms with Crippen LogP contribution in [0.1, 0.15) is 24.8 Å². The summed E-state index contributed by atoms with van der Waals surface area (Å²) in [6.07, 6.45) is 2.10. The van der Waals surface area contributed by atoms with Crippen LogP contribution in [0.5, 0.6) is 11.5 Å². The molecular formula is C19H21ClO4S. The number of rotatable bonds is 10. The molecule has 1 N–H and O–H groups in total. The van der Waals surface area contributed by atoms with Gasteiger partial charge in [0, 0.05) is 5.02 Å². The van der Waals surface area contributed by atoms with E-state index in [1.165, 1.54) is 0 Å². The first-order chi connectivity index (χ1) is 12.0. The van der Waals surface area contributed by atoms with Gasteiger partial charge >= 0.3 is 5.97 Å². The maximum atomic E-state index is 10.6. The van der Waals surface area contributed by atoms with E-state index < -0.39 is 11.2 Å². The molecule has 0 fully saturated rings. The van der Waals surface area contributed by atoms with Crippen LogP contribution < -0.4 is 9.47 Å². The van der Waals surface area contributed by atoms with Crippen molar-refractivity contribution in [2.45, 2.75) is 31.1 Å². The molecular weight excluding hydrogens is 360 g/mol. The van der Waals surface area contributed by atoms with Gasteiger partial charge in [-0.3, -0.25) is 4.79 Å². The Kier molecular flexibility index (Phi) is 7.95. The largest absolute Gasteiger partial charge is 0.494 e. The van der Waals surface area contributed by atoms with Gasteiger partial charge in [0.05, 0.1) is 11.9 Å². The molecule has 0 aromatic heterocycles. The van der Waals surface area contributed by atoms with Crippen LogP contribution in [0, 0.1) is 0 Å². The first kappa shape index (κ1) is 19.5. The Morgan fingerprint density at radius 3 is 2.20 bits per heavy atom. The van der Waals surface area contributed by atoms with E-state index in [1.54, 1.807) is 0 Å². The second kappa shape index (κ2) is 10.2. The Balaban J connectivity index is 1.67. The highest BCUT2D eigenvalue weighted by molar-refractivity contribution is 7.81. The van der Waals surface area contributed by atoms with E-state index in [0.717, 1.165) is 29.9 Å². The second-order valence-corrected chi connectivity index (χ2v) is 6.64. The van der Waals surface area contributed by atoms with Gasteiger partial charge in [0.15, 0.2) is 0 Å². The minimum absolute atomic E-state index is 0.478. The molecule has 0 radical (unpaired) electrons. The smallest absolute Gasteiger partial charge is 0.316 e. The van der Waals surface area contributed by atoms with Crippen molar-refractivity contribution in [1.82, 2.24) is 0 Å². The van der Waals surface area contributed by atoms with E-state index in [-0.39, 0.29) is 0 Å². The summed E-state index contributed by atoms with van der Waals surface area (Å²) < 4.78 is 11.4. The highest BCUT2D eigenvalue weighted by Gasteiger charge is 2.10. The first-order valence-electron chi connectivity index (χ1n) is 8.05. The Morgan fingerprint density at radius 1 is 1.00 bits per heavy atom. The van der Waals surface area contributed by atoms with Crippen molar-refractivity contribution in [2.75, 3.05) is 6.61 Å². The monoisotopic (exact) mass is 380 g/mol. The third-order valence-electron chi connectivity index (χ3n) is 3.57. The van der Waals surface area contributed by atoms with Crippen molar-refractivity contribution in [3.63, 3.8) is 0 Å². The molecule has 25 heavy (non-hydrogen) atoms. The van der Waals surface area contributed by atoms with Gasteiger partial charge in [-0.25, -0.2) is 0 Å². The van der Waals surface area contributed by atoms with E-state index in [2.05, 4.69) is 12.6 Å². The molecule has 1 atom stereocenters. The van der Waals surface area contributed by atoms with Gasteiger partial charge in [0.25, 0.3) is 0 Å². The number of ether oxygens (including phenoxy) is 2. The van der Waals surface area contributed by atoms with Gasteiger partial charge in [0.2, 0.25) is 0 Å². The predicted molar refractivity (Wildman–Crippen MR) is 102 cm³/mol. The maximum Gasteiger partial charge on any atom is 0.316 e. The number of hydrogen-bond donors (Lipinski definition) is 2. The van der Waals surface area contributed by atoms with Crippen LogP contribution in [0.15, 0.2) is 48.5 Å². The lowest BCUT2D eigenvalue weighted by Gasteiger charge is -2.09. The molecule has 2 aromatic rings. The summed E-state index contributed by atoms with van der Waals surface area (Å²) in [6.45, 7) is 1.02. The number of unbranched alkanes of at least 4 members (excludes halogenated alkanes) is 1. The molecule has 0 saturated heterocycles. The highest BCUT2D eigenvalue weighted by Crippen LogP contribution is 2.19. The molecule has 0 saturated carbocycles. The van der Waals surface area contributed by atoms with Crippen molar-refractivity contribution >= 4 is 30.2 Å². The minimum Gasteiger partial charge on any atom is -0.494 e. The van der Waals surface area contributed by atoms with Gasteiger partial charge in [-0.05, 0) is 61.2 Å². The van der Waals surface area contributed by atoms with Crippen LogP contribution in [-0.4, -0.2) is 22.9 Å². The van der Waals surface area contributed by atoms with Crippen LogP contribution in [-0.2, 0) is 11.4 Å². The van der Waals surface area contributed by atoms with Crippen LogP contribution in [0.4, 0.5) is 0 Å². The fraction of sp³-hybridized carbons (Fsp3) is 0.316. The number of thiol groups is 1. The summed E-state index contributed by atoms with van der Waals surface area (Å²) >= 11 is 9.85. The normalized spacial score (nSPS) is 11.8. The standard InChI is InChI=1S/C19H21ClO4S/c20-15-6-4-14(5-7-15)13-24-17-10-8-16(9-11-17)23-12-2-1-3-18(25)19(21)22/h4-11,18,25H,1-3,12-13H2,(H,21,22). The van der Waals surface area contributed by atoms with E-state index in [9.17, 15) is 4.79 Å². The first-order valence-corrected chi connectivity index (χ1v) is 8.95. The Morgan fingerprint density at radius 2 is 1.60 bits per heavy atom. The molecule has 134 valence electrons. The van der Waals surface area contributed by atoms with Crippen LogP contribution in [0.25, 0.3) is 0 Å². The Labute approximate surface area is 158 Å². The van der Waals surface area contributed by atoms with Gasteiger partial charge in [0.1, 0.15) is 18.1 Å². The maximum absolute atomic E-state index is 10.6. The minimum atomic E-state index is -0.876. The molecule has 4 nitrogen and oxygen atoms in total. The molecule has 2 aromatic carbocycles. The predicted octanol–water partition coefficient (Wildman–Crippen LogP) is 4.85. The number of aliphatic carboxylic acids is 1. The average molecular weight is 381 g/mol. The number of benzene rings is 2. The summed E-state index contributed by atoms with van der Waals surface area (Å²) in [5, 5.41) is 8.85. The van der Waals surface area contributed by atoms with Crippen LogP contribution in [0.2, 0.25) is 5.02 Å². The Bertz CT molecular complexity index is 658. The van der Waals surface area contributed by atoms with Gasteiger partial charge in [-0.1, -0.05) is 23.7 Å². The highest BCUT2D eigenvalue weighted by atomic mass is 35.5. The lowest BCUT2D eigenvalue weighted by atomic mass is 10.2. The van der Waals surface area contributed by atoms with Crippen molar-refractivity contribution in [2.24, 2.45) is 0 Å². The molecule has 6 heteroatoms. The lowest BCUT2D eigenvalue weighted by Crippen LogP contribution is -2.13. The molecule has 1 unspecified atom stereocenters. The molecule has 0 amide bonds. The lowest BCUT2D eigenvalue weighted by molar-refractivity contribution is -0.136. The summed E-state index contributed by atoms with van der Waals surface area (Å²) in [4.78, 5) is 10.6. The molecule has 0 aliphatic heterocycles. The summed E-state index contributed by atoms with van der Waals surface area (Å²) in [7, 11) is 0. The molecule has 0 aliphatic rings. The quantitative estimate of drug-likeness (QED) is 0.457. The number of halogens is 1. The second-order valence-electron chi connectivity index (χ2n) is 5.58. The zero-order chi connectivity index (χ0) is 18.1. The molecule has 0 heterocycles. The van der Waals surface area contributed by atoms with E-state index in [1.807, 2.05) is 48.5 Å². The van der Waals surface area contributed by atoms with E-state index in [4.69, 9.17) is 26.2 Å². The summed E-state index contributed by atoms with van der Waals surface area (Å²) in [5.41, 5.74) is 1.05. The number of carboxylic acid groups (broad SMARTS) is 1. The zero-order valence-electron chi connectivity index (χ0n) is 13.7. The topological polar surface area (TPSA) is 55.8 Å². The van der Waals surface area contributed by atoms with Gasteiger partial charge in [-0.15, -0.1) is 0 Å². The fourth-order valence-corrected chi connectivity index (χ4v) is 2.44.